The number of hydrogen-bond donors (Lipinski definition) is 1. The zero-order valence-electron chi connectivity index (χ0n) is 12.3. The Morgan fingerprint density at radius 2 is 1.95 bits per heavy atom. The van der Waals surface area contributed by atoms with Gasteiger partial charge < -0.3 is 10.6 Å². The van der Waals surface area contributed by atoms with Crippen molar-refractivity contribution in [3.8, 4) is 0 Å². The number of aryl methyl sites for hydroxylation is 2. The van der Waals surface area contributed by atoms with Crippen LogP contribution < -0.4 is 5.73 Å². The summed E-state index contributed by atoms with van der Waals surface area (Å²) in [5, 5.41) is 0. The van der Waals surface area contributed by atoms with E-state index in [1.165, 1.54) is 23.3 Å². The van der Waals surface area contributed by atoms with Gasteiger partial charge in [-0.15, -0.1) is 11.3 Å². The van der Waals surface area contributed by atoms with E-state index in [1.807, 2.05) is 31.3 Å². The molecule has 0 saturated heterocycles. The first-order chi connectivity index (χ1) is 10.1. The summed E-state index contributed by atoms with van der Waals surface area (Å²) in [4.78, 5) is 16.6. The zero-order valence-corrected chi connectivity index (χ0v) is 13.1. The molecule has 0 saturated carbocycles. The Labute approximate surface area is 129 Å². The third-order valence-electron chi connectivity index (χ3n) is 3.95. The van der Waals surface area contributed by atoms with Crippen molar-refractivity contribution >= 4 is 22.9 Å². The summed E-state index contributed by atoms with van der Waals surface area (Å²) in [5.74, 6) is 0.117. The zero-order chi connectivity index (χ0) is 14.8. The molecule has 4 heteroatoms. The van der Waals surface area contributed by atoms with Crippen LogP contribution in [0.2, 0.25) is 0 Å². The summed E-state index contributed by atoms with van der Waals surface area (Å²) in [6.45, 7) is 0.613. The van der Waals surface area contributed by atoms with E-state index in [4.69, 9.17) is 5.73 Å². The average molecular weight is 300 g/mol. The Balaban J connectivity index is 1.72. The first kappa shape index (κ1) is 14.1. The minimum atomic E-state index is 0.117. The third kappa shape index (κ3) is 3.10. The third-order valence-corrected chi connectivity index (χ3v) is 5.18. The van der Waals surface area contributed by atoms with Crippen molar-refractivity contribution in [1.29, 1.82) is 0 Å². The number of nitrogens with zero attached hydrogens (tertiary/aromatic N) is 1. The van der Waals surface area contributed by atoms with Crippen LogP contribution in [-0.4, -0.2) is 17.9 Å². The van der Waals surface area contributed by atoms with Gasteiger partial charge >= 0.3 is 0 Å². The highest BCUT2D eigenvalue weighted by Crippen LogP contribution is 2.30. The summed E-state index contributed by atoms with van der Waals surface area (Å²) in [5.41, 5.74) is 8.92. The normalized spacial score (nSPS) is 13.8. The molecule has 0 bridgehead atoms. The molecule has 21 heavy (non-hydrogen) atoms. The molecule has 0 spiro atoms. The lowest BCUT2D eigenvalue weighted by Gasteiger charge is -2.16. The molecule has 1 aromatic carbocycles. The number of nitrogen functional groups attached to an aromatic ring is 1. The van der Waals surface area contributed by atoms with Crippen molar-refractivity contribution in [1.82, 2.24) is 4.90 Å². The van der Waals surface area contributed by atoms with Gasteiger partial charge in [0.15, 0.2) is 0 Å². The van der Waals surface area contributed by atoms with E-state index in [0.717, 1.165) is 29.0 Å². The molecule has 1 amide bonds. The number of amides is 1. The van der Waals surface area contributed by atoms with Crippen LogP contribution in [0.3, 0.4) is 0 Å². The van der Waals surface area contributed by atoms with Crippen LogP contribution in [-0.2, 0) is 19.4 Å². The van der Waals surface area contributed by atoms with Gasteiger partial charge in [0.2, 0.25) is 0 Å². The molecule has 0 fully saturated rings. The first-order valence-electron chi connectivity index (χ1n) is 7.35. The Hall–Kier alpha value is -1.81. The quantitative estimate of drug-likeness (QED) is 0.882. The lowest BCUT2D eigenvalue weighted by molar-refractivity contribution is 0.0790. The van der Waals surface area contributed by atoms with Gasteiger partial charge in [-0.05, 0) is 55.0 Å². The molecular formula is C17H20N2OS. The fourth-order valence-electron chi connectivity index (χ4n) is 2.75. The molecule has 0 atom stereocenters. The second kappa shape index (κ2) is 5.90. The molecule has 0 radical (unpaired) electrons. The Morgan fingerprint density at radius 3 is 2.67 bits per heavy atom. The highest BCUT2D eigenvalue weighted by Gasteiger charge is 2.19. The van der Waals surface area contributed by atoms with Crippen LogP contribution in [0.5, 0.6) is 0 Å². The summed E-state index contributed by atoms with van der Waals surface area (Å²) >= 11 is 1.67. The summed E-state index contributed by atoms with van der Waals surface area (Å²) in [6, 6.07) is 9.78. The second-order valence-electron chi connectivity index (χ2n) is 5.67. The van der Waals surface area contributed by atoms with Crippen LogP contribution >= 0.6 is 11.3 Å². The van der Waals surface area contributed by atoms with Gasteiger partial charge in [-0.3, -0.25) is 4.79 Å². The van der Waals surface area contributed by atoms with E-state index in [0.29, 0.717) is 6.54 Å². The Morgan fingerprint density at radius 1 is 1.24 bits per heavy atom. The lowest BCUT2D eigenvalue weighted by atomic mass is 9.99. The van der Waals surface area contributed by atoms with Gasteiger partial charge in [-0.2, -0.15) is 0 Å². The highest BCUT2D eigenvalue weighted by molar-refractivity contribution is 7.14. The summed E-state index contributed by atoms with van der Waals surface area (Å²) < 4.78 is 0. The molecular weight excluding hydrogens is 280 g/mol. The van der Waals surface area contributed by atoms with Crippen LogP contribution in [0.1, 0.15) is 38.5 Å². The minimum absolute atomic E-state index is 0.117. The predicted octanol–water partition coefficient (Wildman–Crippen LogP) is 3.48. The smallest absolute Gasteiger partial charge is 0.263 e. The van der Waals surface area contributed by atoms with Crippen molar-refractivity contribution in [3.05, 3.63) is 51.2 Å². The number of rotatable bonds is 3. The van der Waals surface area contributed by atoms with E-state index >= 15 is 0 Å². The maximum absolute atomic E-state index is 12.5. The molecule has 0 aliphatic heterocycles. The number of carbonyl (C=O) groups is 1. The highest BCUT2D eigenvalue weighted by atomic mass is 32.1. The van der Waals surface area contributed by atoms with Crippen LogP contribution in [0.4, 0.5) is 5.69 Å². The molecule has 3 rings (SSSR count). The summed E-state index contributed by atoms with van der Waals surface area (Å²) in [6.07, 6.45) is 4.76. The van der Waals surface area contributed by atoms with Crippen molar-refractivity contribution in [2.75, 3.05) is 12.8 Å². The molecule has 1 aromatic heterocycles. The van der Waals surface area contributed by atoms with Gasteiger partial charge in [-0.25, -0.2) is 0 Å². The fourth-order valence-corrected chi connectivity index (χ4v) is 4.00. The minimum Gasteiger partial charge on any atom is -0.399 e. The lowest BCUT2D eigenvalue weighted by Crippen LogP contribution is -2.25. The molecule has 2 aromatic rings. The first-order valence-corrected chi connectivity index (χ1v) is 8.16. The largest absolute Gasteiger partial charge is 0.399 e. The SMILES string of the molecule is CN(Cc1ccc(N)cc1)C(=O)c1cc2c(s1)CCCC2. The fraction of sp³-hybridized carbons (Fsp3) is 0.353. The number of hydrogen-bond acceptors (Lipinski definition) is 3. The van der Waals surface area contributed by atoms with Gasteiger partial charge in [0.1, 0.15) is 0 Å². The Bertz CT molecular complexity index is 622. The number of thiophene rings is 1. The van der Waals surface area contributed by atoms with E-state index in [-0.39, 0.29) is 5.91 Å². The molecule has 2 N–H and O–H groups in total. The van der Waals surface area contributed by atoms with E-state index in [1.54, 1.807) is 16.2 Å². The van der Waals surface area contributed by atoms with Gasteiger partial charge in [0.05, 0.1) is 4.88 Å². The van der Waals surface area contributed by atoms with E-state index in [9.17, 15) is 4.79 Å². The number of fused-ring (bicyclic) bond motifs is 1. The molecule has 1 aliphatic carbocycles. The van der Waals surface area contributed by atoms with Crippen molar-refractivity contribution in [2.24, 2.45) is 0 Å². The Kier molecular flexibility index (Phi) is 3.97. The second-order valence-corrected chi connectivity index (χ2v) is 6.81. The van der Waals surface area contributed by atoms with Crippen molar-refractivity contribution in [3.63, 3.8) is 0 Å². The molecule has 1 heterocycles. The molecule has 0 unspecified atom stereocenters. The standard InChI is InChI=1S/C17H20N2OS/c1-19(11-12-6-8-14(18)9-7-12)17(20)16-10-13-4-2-3-5-15(13)21-16/h6-10H,2-5,11,18H2,1H3. The van der Waals surface area contributed by atoms with Gasteiger partial charge in [0.25, 0.3) is 5.91 Å². The van der Waals surface area contributed by atoms with Crippen LogP contribution in [0.25, 0.3) is 0 Å². The van der Waals surface area contributed by atoms with E-state index < -0.39 is 0 Å². The topological polar surface area (TPSA) is 46.3 Å². The van der Waals surface area contributed by atoms with Gasteiger partial charge in [-0.1, -0.05) is 12.1 Å². The van der Waals surface area contributed by atoms with Crippen LogP contribution in [0, 0.1) is 0 Å². The van der Waals surface area contributed by atoms with Gasteiger partial charge in [0, 0.05) is 24.2 Å². The number of carbonyl (C=O) groups excluding carboxylic acids is 1. The monoisotopic (exact) mass is 300 g/mol. The maximum Gasteiger partial charge on any atom is 0.263 e. The van der Waals surface area contributed by atoms with Crippen molar-refractivity contribution in [2.45, 2.75) is 32.2 Å². The van der Waals surface area contributed by atoms with Crippen LogP contribution in [0.15, 0.2) is 30.3 Å². The number of benzene rings is 1. The molecule has 1 aliphatic rings. The molecule has 3 nitrogen and oxygen atoms in total. The predicted molar refractivity (Wildman–Crippen MR) is 87.6 cm³/mol. The molecule has 110 valence electrons. The van der Waals surface area contributed by atoms with E-state index in [2.05, 4.69) is 6.07 Å². The number of nitrogens with two attached hydrogens (primary N) is 1. The van der Waals surface area contributed by atoms with Crippen molar-refractivity contribution < 1.29 is 4.79 Å². The maximum atomic E-state index is 12.5. The average Bonchev–Trinajstić information content (AvgIpc) is 2.92. The number of anilines is 1. The summed E-state index contributed by atoms with van der Waals surface area (Å²) in [7, 11) is 1.86.